The predicted octanol–water partition coefficient (Wildman–Crippen LogP) is 2.31. The number of amides is 1. The Morgan fingerprint density at radius 1 is 1.12 bits per heavy atom. The minimum atomic E-state index is -3.50. The van der Waals surface area contributed by atoms with Crippen LogP contribution in [0.5, 0.6) is 5.88 Å². The molecule has 0 spiro atoms. The highest BCUT2D eigenvalue weighted by atomic mass is 32.2. The molecule has 2 fully saturated rings. The molecule has 1 aliphatic carbocycles. The number of carbonyl (C=O) groups is 1. The number of rotatable bonds is 2. The molecule has 12 heteroatoms. The van der Waals surface area contributed by atoms with Gasteiger partial charge in [0, 0.05) is 24.1 Å². The molecule has 4 heterocycles. The maximum Gasteiger partial charge on any atom is 0.410 e. The molecule has 1 saturated heterocycles. The molecule has 33 heavy (non-hydrogen) atoms. The molecule has 0 radical (unpaired) electrons. The van der Waals surface area contributed by atoms with Crippen LogP contribution >= 0.6 is 0 Å². The first-order chi connectivity index (χ1) is 15.6. The van der Waals surface area contributed by atoms with Gasteiger partial charge in [-0.25, -0.2) is 31.7 Å². The molecule has 9 nitrogen and oxygen atoms in total. The van der Waals surface area contributed by atoms with Crippen LogP contribution in [0.4, 0.5) is 13.6 Å². The summed E-state index contributed by atoms with van der Waals surface area (Å²) in [5.41, 5.74) is 0.169. The van der Waals surface area contributed by atoms with E-state index in [0.717, 1.165) is 12.3 Å². The highest BCUT2D eigenvalue weighted by Crippen LogP contribution is 2.36. The number of nitrogens with zero attached hydrogens (tertiary/aromatic N) is 2. The van der Waals surface area contributed by atoms with Crippen molar-refractivity contribution >= 4 is 16.1 Å². The predicted molar refractivity (Wildman–Crippen MR) is 113 cm³/mol. The second kappa shape index (κ2) is 9.67. The van der Waals surface area contributed by atoms with Gasteiger partial charge in [-0.3, -0.25) is 4.90 Å². The zero-order valence-corrected chi connectivity index (χ0v) is 19.4. The van der Waals surface area contributed by atoms with Gasteiger partial charge in [-0.15, -0.1) is 0 Å². The molecule has 1 N–H and O–H groups in total. The van der Waals surface area contributed by atoms with Gasteiger partial charge in [0.15, 0.2) is 5.82 Å². The number of fused-ring (bicyclic) bond motifs is 7. The molecule has 3 aliphatic heterocycles. The number of sulfonamides is 1. The molecular weight excluding hydrogens is 460 g/mol. The van der Waals surface area contributed by atoms with Gasteiger partial charge in [0.25, 0.3) is 5.88 Å². The van der Waals surface area contributed by atoms with E-state index in [1.807, 2.05) is 6.92 Å². The third-order valence-corrected chi connectivity index (χ3v) is 7.23. The van der Waals surface area contributed by atoms with E-state index >= 15 is 0 Å². The Hall–Kier alpha value is -2.05. The number of hydrogen-bond donors (Lipinski definition) is 1. The molecule has 5 rings (SSSR count). The van der Waals surface area contributed by atoms with Gasteiger partial charge >= 0.3 is 6.09 Å². The molecule has 184 valence electrons. The lowest BCUT2D eigenvalue weighted by Gasteiger charge is -2.33. The van der Waals surface area contributed by atoms with Crippen LogP contribution in [0.15, 0.2) is 6.07 Å². The van der Waals surface area contributed by atoms with Gasteiger partial charge in [-0.05, 0) is 39.0 Å². The van der Waals surface area contributed by atoms with Gasteiger partial charge in [0.2, 0.25) is 10.0 Å². The molecule has 1 aromatic heterocycles. The minimum absolute atomic E-state index is 0.124. The maximum atomic E-state index is 14.4. The summed E-state index contributed by atoms with van der Waals surface area (Å²) in [7, 11) is -3.50. The first-order valence-corrected chi connectivity index (χ1v) is 13.0. The average molecular weight is 490 g/mol. The van der Waals surface area contributed by atoms with Crippen LogP contribution in [-0.4, -0.2) is 74.7 Å². The summed E-state index contributed by atoms with van der Waals surface area (Å²) in [4.78, 5) is 18.4. The molecule has 4 bridgehead atoms. The molecule has 3 atom stereocenters. The van der Waals surface area contributed by atoms with E-state index in [1.165, 1.54) is 4.90 Å². The minimum Gasteiger partial charge on any atom is -0.472 e. The van der Waals surface area contributed by atoms with Crippen LogP contribution in [0, 0.1) is 11.6 Å². The van der Waals surface area contributed by atoms with Gasteiger partial charge in [0.1, 0.15) is 19.0 Å². The monoisotopic (exact) mass is 489 g/mol. The lowest BCUT2D eigenvalue weighted by molar-refractivity contribution is -0.0120. The zero-order chi connectivity index (χ0) is 23.8. The number of carbonyl (C=O) groups excluding carboxylic acids is 1. The SMILES string of the molecule is C[C@@H]1C[C@H](NS(C)(=O)=O)C2COC3CCC(CC3)c3nc(c(F)cc3F)OCCOC(=O)N21. The Kier molecular flexibility index (Phi) is 7.06. The van der Waals surface area contributed by atoms with Crippen molar-refractivity contribution in [2.24, 2.45) is 0 Å². The lowest BCUT2D eigenvalue weighted by Crippen LogP contribution is -2.50. The summed E-state index contributed by atoms with van der Waals surface area (Å²) in [6.07, 6.45) is 3.22. The Labute approximate surface area is 191 Å². The number of aromatic nitrogens is 1. The smallest absolute Gasteiger partial charge is 0.410 e. The molecular formula is C21H29F2N3O6S. The summed E-state index contributed by atoms with van der Waals surface area (Å²) in [6.45, 7) is 1.62. The van der Waals surface area contributed by atoms with Gasteiger partial charge < -0.3 is 14.2 Å². The van der Waals surface area contributed by atoms with Gasteiger partial charge in [0.05, 0.1) is 30.7 Å². The summed E-state index contributed by atoms with van der Waals surface area (Å²) in [5, 5.41) is 0. The largest absolute Gasteiger partial charge is 0.472 e. The summed E-state index contributed by atoms with van der Waals surface area (Å²) in [5.74, 6) is -2.12. The number of nitrogens with one attached hydrogen (secondary N) is 1. The van der Waals surface area contributed by atoms with Crippen molar-refractivity contribution in [2.75, 3.05) is 26.1 Å². The van der Waals surface area contributed by atoms with Crippen molar-refractivity contribution in [3.8, 4) is 5.88 Å². The standard InChI is InChI=1S/C21H29F2N3O6S/c1-12-9-17(25-33(2,28)29)18-11-32-14-5-3-13(4-6-14)19-15(22)10-16(23)20(24-19)30-7-8-31-21(27)26(12)18/h10,12-14,17-18,25H,3-9,11H2,1-2H3/t12-,13?,14?,17+,18?/m1/s1. The quantitative estimate of drug-likeness (QED) is 0.679. The van der Waals surface area contributed by atoms with Crippen LogP contribution in [0.25, 0.3) is 0 Å². The number of halogens is 2. The van der Waals surface area contributed by atoms with Crippen molar-refractivity contribution in [1.29, 1.82) is 0 Å². The van der Waals surface area contributed by atoms with Crippen LogP contribution in [0.2, 0.25) is 0 Å². The summed E-state index contributed by atoms with van der Waals surface area (Å²) < 4.78 is 71.7. The van der Waals surface area contributed by atoms with E-state index in [2.05, 4.69) is 9.71 Å². The van der Waals surface area contributed by atoms with E-state index in [9.17, 15) is 22.0 Å². The first-order valence-electron chi connectivity index (χ1n) is 11.1. The summed E-state index contributed by atoms with van der Waals surface area (Å²) in [6, 6.07) is -0.556. The van der Waals surface area contributed by atoms with Crippen molar-refractivity contribution in [3.63, 3.8) is 0 Å². The first kappa shape index (κ1) is 24.1. The van der Waals surface area contributed by atoms with Crippen molar-refractivity contribution < 1.29 is 36.2 Å². The van der Waals surface area contributed by atoms with E-state index in [-0.39, 0.29) is 49.5 Å². The van der Waals surface area contributed by atoms with Crippen LogP contribution < -0.4 is 9.46 Å². The van der Waals surface area contributed by atoms with E-state index in [4.69, 9.17) is 14.2 Å². The van der Waals surface area contributed by atoms with Crippen LogP contribution in [0.1, 0.15) is 50.6 Å². The zero-order valence-electron chi connectivity index (χ0n) is 18.6. The van der Waals surface area contributed by atoms with Crippen LogP contribution in [0.3, 0.4) is 0 Å². The fourth-order valence-corrected chi connectivity index (χ4v) is 5.81. The lowest BCUT2D eigenvalue weighted by atomic mass is 9.84. The fraction of sp³-hybridized carbons (Fsp3) is 0.714. The molecule has 1 unspecified atom stereocenters. The van der Waals surface area contributed by atoms with Crippen molar-refractivity contribution in [3.05, 3.63) is 23.4 Å². The highest BCUT2D eigenvalue weighted by molar-refractivity contribution is 7.88. The molecule has 1 amide bonds. The Morgan fingerprint density at radius 3 is 2.52 bits per heavy atom. The molecule has 1 aromatic rings. The fourth-order valence-electron chi connectivity index (χ4n) is 5.00. The van der Waals surface area contributed by atoms with E-state index < -0.39 is 39.8 Å². The van der Waals surface area contributed by atoms with E-state index in [0.29, 0.717) is 32.1 Å². The van der Waals surface area contributed by atoms with Crippen molar-refractivity contribution in [1.82, 2.24) is 14.6 Å². The maximum absolute atomic E-state index is 14.4. The average Bonchev–Trinajstić information content (AvgIpc) is 3.03. The normalized spacial score (nSPS) is 31.1. The second-order valence-electron chi connectivity index (χ2n) is 8.97. The Morgan fingerprint density at radius 2 is 1.82 bits per heavy atom. The topological polar surface area (TPSA) is 107 Å². The number of ether oxygens (including phenoxy) is 3. The third kappa shape index (κ3) is 5.55. The molecule has 1 saturated carbocycles. The number of hydrogen-bond acceptors (Lipinski definition) is 7. The second-order valence-corrected chi connectivity index (χ2v) is 10.7. The third-order valence-electron chi connectivity index (χ3n) is 6.50. The Balaban J connectivity index is 1.57. The van der Waals surface area contributed by atoms with Gasteiger partial charge in [-0.1, -0.05) is 0 Å². The van der Waals surface area contributed by atoms with Crippen LogP contribution in [-0.2, 0) is 19.5 Å². The van der Waals surface area contributed by atoms with Crippen molar-refractivity contribution in [2.45, 2.75) is 69.2 Å². The summed E-state index contributed by atoms with van der Waals surface area (Å²) >= 11 is 0. The van der Waals surface area contributed by atoms with Gasteiger partial charge in [-0.2, -0.15) is 0 Å². The molecule has 4 aliphatic rings. The van der Waals surface area contributed by atoms with E-state index in [1.54, 1.807) is 0 Å². The number of pyridine rings is 1. The Bertz CT molecular complexity index is 986. The molecule has 0 aromatic carbocycles. The highest BCUT2D eigenvalue weighted by Gasteiger charge is 2.44.